The SMILES string of the molecule is CCCCC(C)NC(N)=O. The first-order valence-electron chi connectivity index (χ1n) is 3.72. The smallest absolute Gasteiger partial charge is 0.312 e. The molecule has 1 unspecified atom stereocenters. The number of nitrogens with one attached hydrogen (secondary N) is 1. The molecule has 0 bridgehead atoms. The summed E-state index contributed by atoms with van der Waals surface area (Å²) in [5.74, 6) is 0. The quantitative estimate of drug-likeness (QED) is 0.612. The van der Waals surface area contributed by atoms with E-state index in [-0.39, 0.29) is 6.04 Å². The van der Waals surface area contributed by atoms with Crippen LogP contribution in [0.2, 0.25) is 0 Å². The molecule has 2 amide bonds. The van der Waals surface area contributed by atoms with Crippen LogP contribution >= 0.6 is 0 Å². The average Bonchev–Trinajstić information content (AvgIpc) is 1.82. The molecular formula is C7H16N2O. The van der Waals surface area contributed by atoms with Gasteiger partial charge < -0.3 is 11.1 Å². The van der Waals surface area contributed by atoms with Crippen LogP contribution in [-0.4, -0.2) is 12.1 Å². The number of hydrogen-bond donors (Lipinski definition) is 2. The number of urea groups is 1. The standard InChI is InChI=1S/C7H16N2O/c1-3-4-5-6(2)9-7(8)10/h6H,3-5H2,1-2H3,(H3,8,9,10). The molecule has 0 aliphatic heterocycles. The Morgan fingerprint density at radius 3 is 2.70 bits per heavy atom. The zero-order chi connectivity index (χ0) is 7.98. The summed E-state index contributed by atoms with van der Waals surface area (Å²) < 4.78 is 0. The lowest BCUT2D eigenvalue weighted by Crippen LogP contribution is -2.36. The van der Waals surface area contributed by atoms with Crippen molar-refractivity contribution in [1.29, 1.82) is 0 Å². The number of amides is 2. The van der Waals surface area contributed by atoms with Crippen molar-refractivity contribution in [3.63, 3.8) is 0 Å². The summed E-state index contributed by atoms with van der Waals surface area (Å²) in [5.41, 5.74) is 4.92. The van der Waals surface area contributed by atoms with Crippen molar-refractivity contribution < 1.29 is 4.79 Å². The van der Waals surface area contributed by atoms with Gasteiger partial charge in [0, 0.05) is 6.04 Å². The fourth-order valence-electron chi connectivity index (χ4n) is 0.825. The van der Waals surface area contributed by atoms with Crippen LogP contribution in [0.25, 0.3) is 0 Å². The maximum Gasteiger partial charge on any atom is 0.312 e. The van der Waals surface area contributed by atoms with Crippen molar-refractivity contribution in [3.05, 3.63) is 0 Å². The number of nitrogens with two attached hydrogens (primary N) is 1. The van der Waals surface area contributed by atoms with Crippen molar-refractivity contribution in [2.24, 2.45) is 5.73 Å². The summed E-state index contributed by atoms with van der Waals surface area (Å²) >= 11 is 0. The van der Waals surface area contributed by atoms with Gasteiger partial charge in [0.05, 0.1) is 0 Å². The first-order valence-corrected chi connectivity index (χ1v) is 3.72. The Labute approximate surface area is 62.0 Å². The highest BCUT2D eigenvalue weighted by molar-refractivity contribution is 5.71. The zero-order valence-corrected chi connectivity index (χ0v) is 6.68. The Hall–Kier alpha value is -0.730. The third-order valence-electron chi connectivity index (χ3n) is 1.38. The second-order valence-electron chi connectivity index (χ2n) is 2.55. The highest BCUT2D eigenvalue weighted by atomic mass is 16.2. The van der Waals surface area contributed by atoms with Crippen LogP contribution in [0.5, 0.6) is 0 Å². The molecule has 3 nitrogen and oxygen atoms in total. The first kappa shape index (κ1) is 9.27. The summed E-state index contributed by atoms with van der Waals surface area (Å²) in [6.07, 6.45) is 3.31. The van der Waals surface area contributed by atoms with Crippen molar-refractivity contribution in [2.75, 3.05) is 0 Å². The minimum absolute atomic E-state index is 0.220. The Morgan fingerprint density at radius 1 is 1.70 bits per heavy atom. The summed E-state index contributed by atoms with van der Waals surface area (Å²) in [5, 5.41) is 2.62. The van der Waals surface area contributed by atoms with E-state index in [0.717, 1.165) is 19.3 Å². The van der Waals surface area contributed by atoms with E-state index in [9.17, 15) is 4.79 Å². The molecule has 3 N–H and O–H groups in total. The Bertz CT molecular complexity index is 104. The van der Waals surface area contributed by atoms with Gasteiger partial charge in [0.1, 0.15) is 0 Å². The van der Waals surface area contributed by atoms with Crippen LogP contribution in [0.15, 0.2) is 0 Å². The van der Waals surface area contributed by atoms with E-state index in [4.69, 9.17) is 5.73 Å². The average molecular weight is 144 g/mol. The van der Waals surface area contributed by atoms with Crippen LogP contribution in [0.3, 0.4) is 0 Å². The molecule has 0 radical (unpaired) electrons. The molecule has 60 valence electrons. The number of unbranched alkanes of at least 4 members (excludes halogenated alkanes) is 1. The number of rotatable bonds is 4. The van der Waals surface area contributed by atoms with E-state index in [0.29, 0.717) is 0 Å². The highest BCUT2D eigenvalue weighted by Crippen LogP contribution is 1.98. The number of hydrogen-bond acceptors (Lipinski definition) is 1. The molecule has 0 aromatic heterocycles. The van der Waals surface area contributed by atoms with Gasteiger partial charge in [0.15, 0.2) is 0 Å². The van der Waals surface area contributed by atoms with Crippen molar-refractivity contribution in [2.45, 2.75) is 39.2 Å². The van der Waals surface area contributed by atoms with Crippen LogP contribution in [0, 0.1) is 0 Å². The van der Waals surface area contributed by atoms with E-state index >= 15 is 0 Å². The minimum atomic E-state index is -0.427. The molecule has 0 aromatic carbocycles. The van der Waals surface area contributed by atoms with Gasteiger partial charge in [-0.25, -0.2) is 4.79 Å². The van der Waals surface area contributed by atoms with Gasteiger partial charge in [-0.15, -0.1) is 0 Å². The molecular weight excluding hydrogens is 128 g/mol. The lowest BCUT2D eigenvalue weighted by molar-refractivity contribution is 0.245. The third kappa shape index (κ3) is 5.41. The van der Waals surface area contributed by atoms with Gasteiger partial charge in [-0.1, -0.05) is 19.8 Å². The van der Waals surface area contributed by atoms with E-state index in [1.807, 2.05) is 6.92 Å². The van der Waals surface area contributed by atoms with Gasteiger partial charge in [-0.3, -0.25) is 0 Å². The summed E-state index contributed by atoms with van der Waals surface area (Å²) in [4.78, 5) is 10.3. The fourth-order valence-corrected chi connectivity index (χ4v) is 0.825. The maximum atomic E-state index is 10.3. The van der Waals surface area contributed by atoms with Crippen LogP contribution < -0.4 is 11.1 Å². The van der Waals surface area contributed by atoms with Crippen LogP contribution in [0.4, 0.5) is 4.79 Å². The molecule has 0 spiro atoms. The predicted octanol–water partition coefficient (Wildman–Crippen LogP) is 1.23. The number of carbonyl (C=O) groups is 1. The van der Waals surface area contributed by atoms with Gasteiger partial charge in [0.2, 0.25) is 0 Å². The molecule has 10 heavy (non-hydrogen) atoms. The van der Waals surface area contributed by atoms with Gasteiger partial charge >= 0.3 is 6.03 Å². The molecule has 0 fully saturated rings. The Kier molecular flexibility index (Phi) is 4.72. The summed E-state index contributed by atoms with van der Waals surface area (Å²) in [6.45, 7) is 4.08. The highest BCUT2D eigenvalue weighted by Gasteiger charge is 2.00. The van der Waals surface area contributed by atoms with Gasteiger partial charge in [0.25, 0.3) is 0 Å². The number of carbonyl (C=O) groups excluding carboxylic acids is 1. The molecule has 0 aliphatic rings. The lowest BCUT2D eigenvalue weighted by atomic mass is 10.1. The molecule has 0 aromatic rings. The van der Waals surface area contributed by atoms with E-state index in [1.165, 1.54) is 0 Å². The summed E-state index contributed by atoms with van der Waals surface area (Å²) in [7, 11) is 0. The molecule has 0 saturated heterocycles. The fraction of sp³-hybridized carbons (Fsp3) is 0.857. The second kappa shape index (κ2) is 5.09. The molecule has 0 rings (SSSR count). The molecule has 3 heteroatoms. The van der Waals surface area contributed by atoms with Gasteiger partial charge in [-0.2, -0.15) is 0 Å². The van der Waals surface area contributed by atoms with E-state index < -0.39 is 6.03 Å². The zero-order valence-electron chi connectivity index (χ0n) is 6.68. The van der Waals surface area contributed by atoms with Gasteiger partial charge in [-0.05, 0) is 13.3 Å². The predicted molar refractivity (Wildman–Crippen MR) is 41.7 cm³/mol. The number of primary amides is 1. The Balaban J connectivity index is 3.25. The van der Waals surface area contributed by atoms with Crippen molar-refractivity contribution in [3.8, 4) is 0 Å². The van der Waals surface area contributed by atoms with E-state index in [2.05, 4.69) is 12.2 Å². The normalized spacial score (nSPS) is 12.6. The third-order valence-corrected chi connectivity index (χ3v) is 1.38. The lowest BCUT2D eigenvalue weighted by Gasteiger charge is -2.09. The minimum Gasteiger partial charge on any atom is -0.352 e. The Morgan fingerprint density at radius 2 is 2.30 bits per heavy atom. The monoisotopic (exact) mass is 144 g/mol. The van der Waals surface area contributed by atoms with E-state index in [1.54, 1.807) is 0 Å². The molecule has 0 heterocycles. The largest absolute Gasteiger partial charge is 0.352 e. The van der Waals surface area contributed by atoms with Crippen molar-refractivity contribution >= 4 is 6.03 Å². The summed E-state index contributed by atoms with van der Waals surface area (Å²) in [6, 6.07) is -0.207. The topological polar surface area (TPSA) is 55.1 Å². The molecule has 1 atom stereocenters. The van der Waals surface area contributed by atoms with Crippen molar-refractivity contribution in [1.82, 2.24) is 5.32 Å². The van der Waals surface area contributed by atoms with Crippen LogP contribution in [-0.2, 0) is 0 Å². The maximum absolute atomic E-state index is 10.3. The molecule has 0 saturated carbocycles. The second-order valence-corrected chi connectivity index (χ2v) is 2.55. The van der Waals surface area contributed by atoms with Crippen LogP contribution in [0.1, 0.15) is 33.1 Å². The first-order chi connectivity index (χ1) is 4.66. The molecule has 0 aliphatic carbocycles.